The predicted octanol–water partition coefficient (Wildman–Crippen LogP) is 2.58. The summed E-state index contributed by atoms with van der Waals surface area (Å²) in [5.41, 5.74) is -0.0495. The molecule has 0 aliphatic carbocycles. The molecule has 4 heterocycles. The molecule has 1 saturated heterocycles. The lowest BCUT2D eigenvalue weighted by molar-refractivity contribution is -0.138. The zero-order valence-electron chi connectivity index (χ0n) is 20.8. The van der Waals surface area contributed by atoms with Crippen LogP contribution in [0.15, 0.2) is 29.3 Å². The number of hydrogen-bond donors (Lipinski definition) is 2. The van der Waals surface area contributed by atoms with E-state index in [9.17, 15) is 22.8 Å². The topological polar surface area (TPSA) is 118 Å². The van der Waals surface area contributed by atoms with Gasteiger partial charge in [-0.25, -0.2) is 14.8 Å². The van der Waals surface area contributed by atoms with Crippen molar-refractivity contribution in [3.63, 3.8) is 0 Å². The number of pyridine rings is 1. The molecular formula is C23H28F3N7O4. The van der Waals surface area contributed by atoms with Crippen molar-refractivity contribution in [1.82, 2.24) is 24.4 Å². The molecule has 3 aromatic rings. The number of aromatic nitrogens is 4. The smallest absolute Gasteiger partial charge is 0.378 e. The number of nitrogens with one attached hydrogen (secondary N) is 2. The highest BCUT2D eigenvalue weighted by atomic mass is 19.4. The van der Waals surface area contributed by atoms with Gasteiger partial charge >= 0.3 is 12.2 Å². The Balaban J connectivity index is 1.47. The number of likely N-dealkylation sites (N-methyl/N-ethyl adjacent to an activating group) is 1. The van der Waals surface area contributed by atoms with E-state index in [4.69, 9.17) is 9.47 Å². The van der Waals surface area contributed by atoms with E-state index in [1.54, 1.807) is 13.3 Å². The minimum atomic E-state index is -4.66. The van der Waals surface area contributed by atoms with Gasteiger partial charge < -0.3 is 34.1 Å². The van der Waals surface area contributed by atoms with Crippen molar-refractivity contribution in [2.75, 3.05) is 44.6 Å². The van der Waals surface area contributed by atoms with Crippen LogP contribution in [0.1, 0.15) is 17.7 Å². The fraction of sp³-hybridized carbons (Fsp3) is 0.478. The second-order valence-corrected chi connectivity index (χ2v) is 8.86. The largest absolute Gasteiger partial charge is 0.417 e. The van der Waals surface area contributed by atoms with E-state index < -0.39 is 41.2 Å². The van der Waals surface area contributed by atoms with Crippen molar-refractivity contribution in [2.45, 2.75) is 31.3 Å². The first-order chi connectivity index (χ1) is 17.5. The Kier molecular flexibility index (Phi) is 7.41. The van der Waals surface area contributed by atoms with Crippen LogP contribution in [-0.2, 0) is 29.3 Å². The van der Waals surface area contributed by atoms with Crippen molar-refractivity contribution in [3.8, 4) is 0 Å². The highest BCUT2D eigenvalue weighted by molar-refractivity contribution is 5.89. The zero-order chi connectivity index (χ0) is 26.9. The first-order valence-electron chi connectivity index (χ1n) is 11.4. The highest BCUT2D eigenvalue weighted by Crippen LogP contribution is 2.30. The molecule has 14 heteroatoms. The SMILES string of the molecule is COCc1cc2nc(N3CC[C@H](N(C)C(=O)Nc4cc(C(F)(F)F)cn(C)c4=O)[C@@H](OC)C3)cnc2[nH]1. The average molecular weight is 524 g/mol. The van der Waals surface area contributed by atoms with Crippen LogP contribution in [0.4, 0.5) is 29.5 Å². The van der Waals surface area contributed by atoms with Gasteiger partial charge in [-0.1, -0.05) is 0 Å². The minimum absolute atomic E-state index is 0.395. The molecule has 2 N–H and O–H groups in total. The van der Waals surface area contributed by atoms with E-state index in [2.05, 4.69) is 20.3 Å². The molecule has 4 rings (SSSR count). The number of piperidine rings is 1. The van der Waals surface area contributed by atoms with E-state index in [1.165, 1.54) is 26.1 Å². The Bertz CT molecular complexity index is 1340. The van der Waals surface area contributed by atoms with Crippen LogP contribution in [-0.4, -0.2) is 77.0 Å². The number of amides is 2. The number of carbonyl (C=O) groups excluding carboxylic acids is 1. The number of aryl methyl sites for hydroxylation is 1. The lowest BCUT2D eigenvalue weighted by atomic mass is 10.0. The standard InChI is InChI=1S/C23H28F3N7O4/c1-31-10-13(23(24,25)26)7-16(21(31)34)30-22(35)32(2)17-5-6-33(11-18(17)37-4)19-9-27-20-15(29-19)8-14(28-20)12-36-3/h7-10,17-18H,5-6,11-12H2,1-4H3,(H,27,28)(H,30,35)/t17-,18-/m0/s1. The number of aromatic amines is 1. The maximum atomic E-state index is 13.2. The number of H-pyrrole nitrogens is 1. The molecule has 11 nitrogen and oxygen atoms in total. The molecule has 0 spiro atoms. The molecule has 3 aromatic heterocycles. The Morgan fingerprint density at radius 2 is 2.08 bits per heavy atom. The normalized spacial score (nSPS) is 18.3. The van der Waals surface area contributed by atoms with E-state index >= 15 is 0 Å². The van der Waals surface area contributed by atoms with E-state index in [-0.39, 0.29) is 0 Å². The number of urea groups is 1. The lowest BCUT2D eigenvalue weighted by Crippen LogP contribution is -2.56. The molecule has 37 heavy (non-hydrogen) atoms. The van der Waals surface area contributed by atoms with Crippen LogP contribution in [0, 0.1) is 0 Å². The monoisotopic (exact) mass is 523 g/mol. The number of fused-ring (bicyclic) bond motifs is 1. The lowest BCUT2D eigenvalue weighted by Gasteiger charge is -2.42. The zero-order valence-corrected chi connectivity index (χ0v) is 20.8. The maximum Gasteiger partial charge on any atom is 0.417 e. The summed E-state index contributed by atoms with van der Waals surface area (Å²) in [6.45, 7) is 1.34. The number of halogens is 3. The van der Waals surface area contributed by atoms with Gasteiger partial charge in [-0.05, 0) is 18.6 Å². The van der Waals surface area contributed by atoms with Gasteiger partial charge in [0.15, 0.2) is 5.65 Å². The number of nitrogens with zero attached hydrogens (tertiary/aromatic N) is 5. The Morgan fingerprint density at radius 1 is 1.32 bits per heavy atom. The van der Waals surface area contributed by atoms with Crippen molar-refractivity contribution in [3.05, 3.63) is 46.1 Å². The van der Waals surface area contributed by atoms with Gasteiger partial charge in [-0.3, -0.25) is 4.79 Å². The van der Waals surface area contributed by atoms with Gasteiger partial charge in [0.2, 0.25) is 0 Å². The second-order valence-electron chi connectivity index (χ2n) is 8.86. The van der Waals surface area contributed by atoms with Crippen LogP contribution in [0.5, 0.6) is 0 Å². The Hall–Kier alpha value is -3.65. The van der Waals surface area contributed by atoms with Gasteiger partial charge in [0.25, 0.3) is 5.56 Å². The molecule has 0 aromatic carbocycles. The Morgan fingerprint density at radius 3 is 2.76 bits per heavy atom. The van der Waals surface area contributed by atoms with Gasteiger partial charge in [0, 0.05) is 53.3 Å². The summed E-state index contributed by atoms with van der Waals surface area (Å²) in [6.07, 6.45) is -2.26. The number of hydrogen-bond acceptors (Lipinski definition) is 7. The molecular weight excluding hydrogens is 495 g/mol. The summed E-state index contributed by atoms with van der Waals surface area (Å²) in [5, 5.41) is 2.33. The summed E-state index contributed by atoms with van der Waals surface area (Å²) in [6, 6.07) is 1.40. The summed E-state index contributed by atoms with van der Waals surface area (Å²) in [7, 11) is 5.83. The van der Waals surface area contributed by atoms with Crippen molar-refractivity contribution in [2.24, 2.45) is 7.05 Å². The molecule has 0 saturated carbocycles. The van der Waals surface area contributed by atoms with Gasteiger partial charge in [-0.15, -0.1) is 0 Å². The third kappa shape index (κ3) is 5.54. The van der Waals surface area contributed by atoms with Crippen LogP contribution in [0.2, 0.25) is 0 Å². The number of alkyl halides is 3. The molecule has 1 aliphatic heterocycles. The number of methoxy groups -OCH3 is 2. The quantitative estimate of drug-likeness (QED) is 0.510. The molecule has 1 aliphatic rings. The molecule has 200 valence electrons. The molecule has 2 amide bonds. The summed E-state index contributed by atoms with van der Waals surface area (Å²) < 4.78 is 51.1. The molecule has 0 unspecified atom stereocenters. The van der Waals surface area contributed by atoms with E-state index in [0.29, 0.717) is 55.4 Å². The van der Waals surface area contributed by atoms with Crippen molar-refractivity contribution < 1.29 is 27.4 Å². The van der Waals surface area contributed by atoms with Gasteiger partial charge in [-0.2, -0.15) is 13.2 Å². The third-order valence-electron chi connectivity index (χ3n) is 6.40. The molecule has 0 radical (unpaired) electrons. The average Bonchev–Trinajstić information content (AvgIpc) is 3.27. The first-order valence-corrected chi connectivity index (χ1v) is 11.4. The third-order valence-corrected chi connectivity index (χ3v) is 6.40. The Labute approximate surface area is 210 Å². The minimum Gasteiger partial charge on any atom is -0.378 e. The van der Waals surface area contributed by atoms with Gasteiger partial charge in [0.05, 0.1) is 30.5 Å². The van der Waals surface area contributed by atoms with Crippen LogP contribution in [0.25, 0.3) is 11.2 Å². The first kappa shape index (κ1) is 26.4. The van der Waals surface area contributed by atoms with Crippen molar-refractivity contribution >= 4 is 28.7 Å². The number of ether oxygens (including phenoxy) is 2. The highest BCUT2D eigenvalue weighted by Gasteiger charge is 2.36. The fourth-order valence-electron chi connectivity index (χ4n) is 4.43. The maximum absolute atomic E-state index is 13.2. The second kappa shape index (κ2) is 10.4. The van der Waals surface area contributed by atoms with E-state index in [1.807, 2.05) is 11.0 Å². The van der Waals surface area contributed by atoms with Crippen LogP contribution in [0.3, 0.4) is 0 Å². The van der Waals surface area contributed by atoms with E-state index in [0.717, 1.165) is 10.3 Å². The number of anilines is 2. The van der Waals surface area contributed by atoms with Crippen LogP contribution >= 0.6 is 0 Å². The number of rotatable bonds is 6. The number of carbonyl (C=O) groups is 1. The fourth-order valence-corrected chi connectivity index (χ4v) is 4.43. The van der Waals surface area contributed by atoms with Crippen molar-refractivity contribution in [1.29, 1.82) is 0 Å². The van der Waals surface area contributed by atoms with Gasteiger partial charge in [0.1, 0.15) is 17.0 Å². The van der Waals surface area contributed by atoms with Crippen LogP contribution < -0.4 is 15.8 Å². The summed E-state index contributed by atoms with van der Waals surface area (Å²) >= 11 is 0. The molecule has 0 bridgehead atoms. The summed E-state index contributed by atoms with van der Waals surface area (Å²) in [4.78, 5) is 40.9. The summed E-state index contributed by atoms with van der Waals surface area (Å²) in [5.74, 6) is 0.649. The molecule has 2 atom stereocenters. The predicted molar refractivity (Wildman–Crippen MR) is 129 cm³/mol. The molecule has 1 fully saturated rings.